The molecule has 1 aliphatic heterocycles. The Kier molecular flexibility index (Phi) is 5.78. The van der Waals surface area contributed by atoms with Gasteiger partial charge in [-0.25, -0.2) is 4.79 Å². The van der Waals surface area contributed by atoms with Crippen molar-refractivity contribution >= 4 is 11.7 Å². The average Bonchev–Trinajstić information content (AvgIpc) is 2.90. The molecular weight excluding hydrogens is 328 g/mol. The highest BCUT2D eigenvalue weighted by molar-refractivity contribution is 5.89. The lowest BCUT2D eigenvalue weighted by atomic mass is 10.0. The molecule has 5 nitrogen and oxygen atoms in total. The van der Waals surface area contributed by atoms with Crippen LogP contribution in [0.2, 0.25) is 0 Å². The molecule has 0 radical (unpaired) electrons. The van der Waals surface area contributed by atoms with E-state index in [1.54, 1.807) is 14.2 Å². The molecule has 0 fully saturated rings. The van der Waals surface area contributed by atoms with Crippen molar-refractivity contribution in [3.05, 3.63) is 59.2 Å². The molecule has 1 unspecified atom stereocenters. The minimum Gasteiger partial charge on any atom is -0.496 e. The topological polar surface area (TPSA) is 50.8 Å². The van der Waals surface area contributed by atoms with Crippen molar-refractivity contribution in [1.82, 2.24) is 4.90 Å². The zero-order valence-corrected chi connectivity index (χ0v) is 15.6. The first-order valence-corrected chi connectivity index (χ1v) is 8.96. The SMILES string of the molecule is COc1cccc2c1CCN(C(=O)Nc1cccc(C(C)OC)c1)CC2. The van der Waals surface area contributed by atoms with Gasteiger partial charge >= 0.3 is 6.03 Å². The van der Waals surface area contributed by atoms with Crippen molar-refractivity contribution < 1.29 is 14.3 Å². The van der Waals surface area contributed by atoms with Gasteiger partial charge in [0.25, 0.3) is 0 Å². The first-order valence-electron chi connectivity index (χ1n) is 8.96. The van der Waals surface area contributed by atoms with E-state index in [1.165, 1.54) is 11.1 Å². The smallest absolute Gasteiger partial charge is 0.321 e. The van der Waals surface area contributed by atoms with Crippen LogP contribution < -0.4 is 10.1 Å². The largest absolute Gasteiger partial charge is 0.496 e. The molecule has 138 valence electrons. The van der Waals surface area contributed by atoms with Gasteiger partial charge in [0.2, 0.25) is 0 Å². The third kappa shape index (κ3) is 3.99. The second-order valence-corrected chi connectivity index (χ2v) is 6.52. The predicted molar refractivity (Wildman–Crippen MR) is 103 cm³/mol. The first kappa shape index (κ1) is 18.3. The molecule has 2 amide bonds. The van der Waals surface area contributed by atoms with E-state index in [4.69, 9.17) is 9.47 Å². The fraction of sp³-hybridized carbons (Fsp3) is 0.381. The Labute approximate surface area is 154 Å². The van der Waals surface area contributed by atoms with Crippen molar-refractivity contribution in [2.45, 2.75) is 25.9 Å². The number of benzene rings is 2. The molecule has 0 saturated heterocycles. The van der Waals surface area contributed by atoms with E-state index in [1.807, 2.05) is 48.2 Å². The van der Waals surface area contributed by atoms with E-state index in [0.29, 0.717) is 13.1 Å². The van der Waals surface area contributed by atoms with Crippen LogP contribution in [0.5, 0.6) is 5.75 Å². The van der Waals surface area contributed by atoms with Gasteiger partial charge in [0.1, 0.15) is 5.75 Å². The molecule has 0 aromatic heterocycles. The molecule has 0 bridgehead atoms. The maximum atomic E-state index is 12.7. The number of methoxy groups -OCH3 is 2. The predicted octanol–water partition coefficient (Wildman–Crippen LogP) is 4.04. The lowest BCUT2D eigenvalue weighted by molar-refractivity contribution is 0.119. The Bertz CT molecular complexity index is 776. The van der Waals surface area contributed by atoms with Gasteiger partial charge < -0.3 is 19.7 Å². The van der Waals surface area contributed by atoms with Gasteiger partial charge in [-0.05, 0) is 54.7 Å². The number of fused-ring (bicyclic) bond motifs is 1. The third-order valence-corrected chi connectivity index (χ3v) is 4.98. The Morgan fingerprint density at radius 1 is 1.12 bits per heavy atom. The highest BCUT2D eigenvalue weighted by Gasteiger charge is 2.20. The number of nitrogens with one attached hydrogen (secondary N) is 1. The molecule has 5 heteroatoms. The van der Waals surface area contributed by atoms with E-state index in [2.05, 4.69) is 11.4 Å². The number of amides is 2. The minimum atomic E-state index is -0.0704. The molecule has 0 saturated carbocycles. The molecule has 1 heterocycles. The van der Waals surface area contributed by atoms with E-state index in [0.717, 1.165) is 29.8 Å². The van der Waals surface area contributed by atoms with Gasteiger partial charge in [0, 0.05) is 25.9 Å². The van der Waals surface area contributed by atoms with Crippen LogP contribution in [-0.2, 0) is 17.6 Å². The number of urea groups is 1. The number of carbonyl (C=O) groups excluding carboxylic acids is 1. The summed E-state index contributed by atoms with van der Waals surface area (Å²) in [5.74, 6) is 0.908. The third-order valence-electron chi connectivity index (χ3n) is 4.98. The van der Waals surface area contributed by atoms with E-state index >= 15 is 0 Å². The van der Waals surface area contributed by atoms with Gasteiger partial charge in [-0.2, -0.15) is 0 Å². The second kappa shape index (κ2) is 8.23. The maximum Gasteiger partial charge on any atom is 0.321 e. The van der Waals surface area contributed by atoms with Crippen molar-refractivity contribution in [2.75, 3.05) is 32.6 Å². The molecule has 3 rings (SSSR count). The minimum absolute atomic E-state index is 0.00740. The number of ether oxygens (including phenoxy) is 2. The number of carbonyl (C=O) groups is 1. The molecular formula is C21H26N2O3. The fourth-order valence-corrected chi connectivity index (χ4v) is 3.35. The van der Waals surface area contributed by atoms with E-state index < -0.39 is 0 Å². The summed E-state index contributed by atoms with van der Waals surface area (Å²) in [7, 11) is 3.37. The van der Waals surface area contributed by atoms with Crippen LogP contribution in [0.15, 0.2) is 42.5 Å². The van der Waals surface area contributed by atoms with Crippen LogP contribution in [0.3, 0.4) is 0 Å². The van der Waals surface area contributed by atoms with Crippen molar-refractivity contribution in [3.8, 4) is 5.75 Å². The van der Waals surface area contributed by atoms with Gasteiger partial charge in [-0.15, -0.1) is 0 Å². The first-order chi connectivity index (χ1) is 12.6. The number of nitrogens with zero attached hydrogens (tertiary/aromatic N) is 1. The number of anilines is 1. The molecule has 1 aliphatic rings. The molecule has 0 spiro atoms. The summed E-state index contributed by atoms with van der Waals surface area (Å²) in [5.41, 5.74) is 4.30. The normalized spacial score (nSPS) is 15.0. The van der Waals surface area contributed by atoms with E-state index in [9.17, 15) is 4.79 Å². The lowest BCUT2D eigenvalue weighted by Crippen LogP contribution is -2.36. The second-order valence-electron chi connectivity index (χ2n) is 6.52. The molecule has 0 aliphatic carbocycles. The summed E-state index contributed by atoms with van der Waals surface area (Å²) in [5, 5.41) is 3.01. The van der Waals surface area contributed by atoms with Crippen LogP contribution in [0.4, 0.5) is 10.5 Å². The van der Waals surface area contributed by atoms with E-state index in [-0.39, 0.29) is 12.1 Å². The van der Waals surface area contributed by atoms with Crippen LogP contribution in [0.1, 0.15) is 29.7 Å². The zero-order chi connectivity index (χ0) is 18.5. The summed E-state index contributed by atoms with van der Waals surface area (Å²) in [6, 6.07) is 13.8. The van der Waals surface area contributed by atoms with Gasteiger partial charge in [0.15, 0.2) is 0 Å². The fourth-order valence-electron chi connectivity index (χ4n) is 3.35. The Morgan fingerprint density at radius 2 is 1.88 bits per heavy atom. The summed E-state index contributed by atoms with van der Waals surface area (Å²) in [6.45, 7) is 3.36. The van der Waals surface area contributed by atoms with Gasteiger partial charge in [0.05, 0.1) is 13.2 Å². The van der Waals surface area contributed by atoms with Crippen LogP contribution in [0, 0.1) is 0 Å². The number of hydrogen-bond acceptors (Lipinski definition) is 3. The Morgan fingerprint density at radius 3 is 2.65 bits per heavy atom. The highest BCUT2D eigenvalue weighted by atomic mass is 16.5. The van der Waals surface area contributed by atoms with Crippen molar-refractivity contribution in [2.24, 2.45) is 0 Å². The molecule has 26 heavy (non-hydrogen) atoms. The van der Waals surface area contributed by atoms with Crippen LogP contribution in [0.25, 0.3) is 0 Å². The summed E-state index contributed by atoms with van der Waals surface area (Å²) < 4.78 is 10.8. The number of rotatable bonds is 4. The standard InChI is InChI=1S/C21H26N2O3/c1-15(25-2)17-7-4-8-18(14-17)22-21(24)23-12-10-16-6-5-9-20(26-3)19(16)11-13-23/h4-9,14-15H,10-13H2,1-3H3,(H,22,24). The lowest BCUT2D eigenvalue weighted by Gasteiger charge is -2.21. The Hall–Kier alpha value is -2.53. The number of hydrogen-bond donors (Lipinski definition) is 1. The summed E-state index contributed by atoms with van der Waals surface area (Å²) in [6.07, 6.45) is 1.63. The monoisotopic (exact) mass is 354 g/mol. The average molecular weight is 354 g/mol. The van der Waals surface area contributed by atoms with Gasteiger partial charge in [-0.1, -0.05) is 24.3 Å². The van der Waals surface area contributed by atoms with Crippen molar-refractivity contribution in [1.29, 1.82) is 0 Å². The maximum absolute atomic E-state index is 12.7. The van der Waals surface area contributed by atoms with Gasteiger partial charge in [-0.3, -0.25) is 0 Å². The van der Waals surface area contributed by atoms with Crippen molar-refractivity contribution in [3.63, 3.8) is 0 Å². The molecule has 1 N–H and O–H groups in total. The van der Waals surface area contributed by atoms with Crippen LogP contribution in [-0.4, -0.2) is 38.2 Å². The quantitative estimate of drug-likeness (QED) is 0.902. The zero-order valence-electron chi connectivity index (χ0n) is 15.6. The van der Waals surface area contributed by atoms with Crippen LogP contribution >= 0.6 is 0 Å². The summed E-state index contributed by atoms with van der Waals surface area (Å²) >= 11 is 0. The highest BCUT2D eigenvalue weighted by Crippen LogP contribution is 2.26. The molecule has 2 aromatic carbocycles. The Balaban J connectivity index is 1.68. The summed E-state index contributed by atoms with van der Waals surface area (Å²) in [4.78, 5) is 14.6. The molecule has 1 atom stereocenters. The molecule has 2 aromatic rings.